The molecule has 1 aliphatic rings. The molecule has 0 N–H and O–H groups in total. The molecular weight excluding hydrogens is 353 g/mol. The fourth-order valence-electron chi connectivity index (χ4n) is 2.90. The fraction of sp³-hybridized carbons (Fsp3) is 0.250. The number of halogens is 1. The van der Waals surface area contributed by atoms with Crippen molar-refractivity contribution in [2.75, 3.05) is 18.6 Å². The summed E-state index contributed by atoms with van der Waals surface area (Å²) in [6.07, 6.45) is -0.0194. The molecule has 1 fully saturated rings. The topological polar surface area (TPSA) is 72.9 Å². The Balaban J connectivity index is 1.58. The molecule has 2 aromatic carbocycles. The SMILES string of the molecule is COC(=O)c1ccc(COC(=O)[C@@H]2CC(=O)N(c3ccccc3F)C2)cc1. The quantitative estimate of drug-likeness (QED) is 0.756. The van der Waals surface area contributed by atoms with Crippen molar-refractivity contribution in [2.45, 2.75) is 13.0 Å². The molecule has 0 unspecified atom stereocenters. The summed E-state index contributed by atoms with van der Waals surface area (Å²) < 4.78 is 23.8. The van der Waals surface area contributed by atoms with Crippen LogP contribution in [0.15, 0.2) is 48.5 Å². The second-order valence-corrected chi connectivity index (χ2v) is 6.15. The number of hydrogen-bond acceptors (Lipinski definition) is 5. The molecule has 1 atom stereocenters. The molecular formula is C20H18FNO5. The first-order valence-electron chi connectivity index (χ1n) is 8.38. The Hall–Kier alpha value is -3.22. The summed E-state index contributed by atoms with van der Waals surface area (Å²) >= 11 is 0. The van der Waals surface area contributed by atoms with E-state index in [4.69, 9.17) is 4.74 Å². The molecule has 1 aliphatic heterocycles. The van der Waals surface area contributed by atoms with E-state index in [1.54, 1.807) is 30.3 Å². The molecule has 0 aromatic heterocycles. The maximum atomic E-state index is 13.9. The first kappa shape index (κ1) is 18.6. The summed E-state index contributed by atoms with van der Waals surface area (Å²) in [5.41, 5.74) is 1.26. The highest BCUT2D eigenvalue weighted by Gasteiger charge is 2.37. The third-order valence-corrected chi connectivity index (χ3v) is 4.36. The van der Waals surface area contributed by atoms with Gasteiger partial charge in [0.1, 0.15) is 12.4 Å². The Morgan fingerprint density at radius 2 is 1.85 bits per heavy atom. The van der Waals surface area contributed by atoms with Crippen molar-refractivity contribution in [2.24, 2.45) is 5.92 Å². The van der Waals surface area contributed by atoms with Crippen LogP contribution in [-0.4, -0.2) is 31.5 Å². The summed E-state index contributed by atoms with van der Waals surface area (Å²) in [4.78, 5) is 37.1. The van der Waals surface area contributed by atoms with E-state index in [9.17, 15) is 18.8 Å². The summed E-state index contributed by atoms with van der Waals surface area (Å²) in [5.74, 6) is -2.43. The van der Waals surface area contributed by atoms with Gasteiger partial charge in [-0.3, -0.25) is 9.59 Å². The Morgan fingerprint density at radius 1 is 1.15 bits per heavy atom. The molecule has 0 radical (unpaired) electrons. The van der Waals surface area contributed by atoms with Crippen molar-refractivity contribution in [3.63, 3.8) is 0 Å². The van der Waals surface area contributed by atoms with Gasteiger partial charge in [0.2, 0.25) is 5.91 Å². The molecule has 6 nitrogen and oxygen atoms in total. The third kappa shape index (κ3) is 4.13. The van der Waals surface area contributed by atoms with E-state index in [1.165, 1.54) is 30.2 Å². The Kier molecular flexibility index (Phi) is 5.49. The van der Waals surface area contributed by atoms with Gasteiger partial charge < -0.3 is 14.4 Å². The second kappa shape index (κ2) is 7.99. The van der Waals surface area contributed by atoms with Crippen LogP contribution in [0.1, 0.15) is 22.3 Å². The molecule has 0 spiro atoms. The summed E-state index contributed by atoms with van der Waals surface area (Å²) in [6, 6.07) is 12.4. The van der Waals surface area contributed by atoms with Crippen LogP contribution in [-0.2, 0) is 25.7 Å². The number of esters is 2. The van der Waals surface area contributed by atoms with Crippen LogP contribution >= 0.6 is 0 Å². The molecule has 0 bridgehead atoms. The minimum absolute atomic E-state index is 0.0185. The van der Waals surface area contributed by atoms with Crippen LogP contribution in [0.3, 0.4) is 0 Å². The van der Waals surface area contributed by atoms with Crippen LogP contribution in [0.5, 0.6) is 0 Å². The van der Waals surface area contributed by atoms with Gasteiger partial charge in [-0.05, 0) is 29.8 Å². The van der Waals surface area contributed by atoms with Crippen LogP contribution in [0.25, 0.3) is 0 Å². The molecule has 3 rings (SSSR count). The van der Waals surface area contributed by atoms with Gasteiger partial charge in [0.25, 0.3) is 0 Å². The molecule has 140 valence electrons. The number of carbonyl (C=O) groups is 3. The number of rotatable bonds is 5. The molecule has 27 heavy (non-hydrogen) atoms. The number of ether oxygens (including phenoxy) is 2. The minimum Gasteiger partial charge on any atom is -0.465 e. The van der Waals surface area contributed by atoms with Crippen LogP contribution in [0.4, 0.5) is 10.1 Å². The smallest absolute Gasteiger partial charge is 0.337 e. The predicted octanol–water partition coefficient (Wildman–Crippen LogP) is 2.71. The number of carbonyl (C=O) groups excluding carboxylic acids is 3. The van der Waals surface area contributed by atoms with Gasteiger partial charge in [0.15, 0.2) is 0 Å². The maximum absolute atomic E-state index is 13.9. The van der Waals surface area contributed by atoms with Crippen molar-refractivity contribution >= 4 is 23.5 Å². The Labute approximate surface area is 155 Å². The van der Waals surface area contributed by atoms with Gasteiger partial charge in [-0.1, -0.05) is 24.3 Å². The highest BCUT2D eigenvalue weighted by molar-refractivity contribution is 5.99. The summed E-state index contributed by atoms with van der Waals surface area (Å²) in [7, 11) is 1.30. The van der Waals surface area contributed by atoms with E-state index < -0.39 is 23.7 Å². The number of hydrogen-bond donors (Lipinski definition) is 0. The lowest BCUT2D eigenvalue weighted by Gasteiger charge is -2.17. The van der Waals surface area contributed by atoms with Crippen LogP contribution < -0.4 is 4.90 Å². The van der Waals surface area contributed by atoms with Crippen molar-refractivity contribution < 1.29 is 28.2 Å². The van der Waals surface area contributed by atoms with Gasteiger partial charge in [-0.25, -0.2) is 9.18 Å². The molecule has 0 aliphatic carbocycles. The Bertz CT molecular complexity index is 865. The lowest BCUT2D eigenvalue weighted by Crippen LogP contribution is -2.27. The van der Waals surface area contributed by atoms with Gasteiger partial charge in [0, 0.05) is 13.0 Å². The molecule has 1 amide bonds. The first-order chi connectivity index (χ1) is 13.0. The fourth-order valence-corrected chi connectivity index (χ4v) is 2.90. The number of amides is 1. The largest absolute Gasteiger partial charge is 0.465 e. The summed E-state index contributed by atoms with van der Waals surface area (Å²) in [6.45, 7) is 0.102. The zero-order valence-corrected chi connectivity index (χ0v) is 14.7. The normalized spacial score (nSPS) is 16.3. The van der Waals surface area contributed by atoms with E-state index >= 15 is 0 Å². The van der Waals surface area contributed by atoms with E-state index in [0.29, 0.717) is 11.1 Å². The minimum atomic E-state index is -0.647. The molecule has 1 saturated heterocycles. The first-order valence-corrected chi connectivity index (χ1v) is 8.38. The highest BCUT2D eigenvalue weighted by atomic mass is 19.1. The zero-order valence-electron chi connectivity index (χ0n) is 14.7. The lowest BCUT2D eigenvalue weighted by molar-refractivity contribution is -0.149. The van der Waals surface area contributed by atoms with Crippen molar-refractivity contribution in [3.8, 4) is 0 Å². The predicted molar refractivity (Wildman–Crippen MR) is 94.4 cm³/mol. The molecule has 7 heteroatoms. The van der Waals surface area contributed by atoms with Gasteiger partial charge in [0.05, 0.1) is 24.3 Å². The number of anilines is 1. The van der Waals surface area contributed by atoms with E-state index in [1.807, 2.05) is 0 Å². The lowest BCUT2D eigenvalue weighted by atomic mass is 10.1. The zero-order chi connectivity index (χ0) is 19.4. The summed E-state index contributed by atoms with van der Waals surface area (Å²) in [5, 5.41) is 0. The monoisotopic (exact) mass is 371 g/mol. The highest BCUT2D eigenvalue weighted by Crippen LogP contribution is 2.28. The van der Waals surface area contributed by atoms with Crippen LogP contribution in [0, 0.1) is 11.7 Å². The molecule has 1 heterocycles. The van der Waals surface area contributed by atoms with E-state index in [-0.39, 0.29) is 31.2 Å². The van der Waals surface area contributed by atoms with E-state index in [0.717, 1.165) is 0 Å². The van der Waals surface area contributed by atoms with Gasteiger partial charge in [-0.2, -0.15) is 0 Å². The average Bonchev–Trinajstić information content (AvgIpc) is 3.08. The number of benzene rings is 2. The van der Waals surface area contributed by atoms with Gasteiger partial charge in [-0.15, -0.1) is 0 Å². The third-order valence-electron chi connectivity index (χ3n) is 4.36. The average molecular weight is 371 g/mol. The standard InChI is InChI=1S/C20H18FNO5/c1-26-19(24)14-8-6-13(7-9-14)12-27-20(25)15-10-18(23)22(11-15)17-5-3-2-4-16(17)21/h2-9,15H,10-12H2,1H3/t15-/m1/s1. The van der Waals surface area contributed by atoms with Gasteiger partial charge >= 0.3 is 11.9 Å². The van der Waals surface area contributed by atoms with Crippen molar-refractivity contribution in [3.05, 3.63) is 65.5 Å². The maximum Gasteiger partial charge on any atom is 0.337 e. The van der Waals surface area contributed by atoms with E-state index in [2.05, 4.69) is 4.74 Å². The number of methoxy groups -OCH3 is 1. The van der Waals surface area contributed by atoms with Crippen molar-refractivity contribution in [1.82, 2.24) is 0 Å². The van der Waals surface area contributed by atoms with Crippen molar-refractivity contribution in [1.29, 1.82) is 0 Å². The molecule has 2 aromatic rings. The van der Waals surface area contributed by atoms with Crippen LogP contribution in [0.2, 0.25) is 0 Å². The molecule has 0 saturated carbocycles. The Morgan fingerprint density at radius 3 is 2.52 bits per heavy atom. The number of nitrogens with zero attached hydrogens (tertiary/aromatic N) is 1. The number of para-hydroxylation sites is 1. The second-order valence-electron chi connectivity index (χ2n) is 6.15.